The number of likely N-dealkylation sites (N-methyl/N-ethyl adjacent to an activating group) is 1. The average molecular weight is 260 g/mol. The second-order valence-electron chi connectivity index (χ2n) is 5.91. The van der Waals surface area contributed by atoms with E-state index in [-0.39, 0.29) is 0 Å². The molecule has 0 heterocycles. The minimum Gasteiger partial charge on any atom is -0.312 e. The van der Waals surface area contributed by atoms with E-state index in [1.165, 1.54) is 31.2 Å². The van der Waals surface area contributed by atoms with Crippen molar-refractivity contribution in [3.63, 3.8) is 0 Å². The van der Waals surface area contributed by atoms with E-state index in [1.54, 1.807) is 0 Å². The lowest BCUT2D eigenvalue weighted by atomic mass is 10.0. The molecule has 1 aliphatic carbocycles. The Morgan fingerprint density at radius 2 is 1.95 bits per heavy atom. The maximum Gasteiger partial charge on any atom is 0.0472 e. The van der Waals surface area contributed by atoms with Crippen molar-refractivity contribution in [3.8, 4) is 0 Å². The van der Waals surface area contributed by atoms with Crippen LogP contribution in [0, 0.1) is 0 Å². The predicted octanol–water partition coefficient (Wildman–Crippen LogP) is 3.60. The first kappa shape index (κ1) is 14.5. The summed E-state index contributed by atoms with van der Waals surface area (Å²) in [7, 11) is 2.27. The van der Waals surface area contributed by atoms with Gasteiger partial charge in [0.2, 0.25) is 0 Å². The van der Waals surface area contributed by atoms with Crippen LogP contribution >= 0.6 is 0 Å². The lowest BCUT2D eigenvalue weighted by Crippen LogP contribution is -2.39. The Balaban J connectivity index is 2.03. The molecule has 2 atom stereocenters. The van der Waals surface area contributed by atoms with Gasteiger partial charge in [-0.25, -0.2) is 0 Å². The number of nitrogens with zero attached hydrogens (tertiary/aromatic N) is 1. The highest BCUT2D eigenvalue weighted by molar-refractivity contribution is 5.19. The highest BCUT2D eigenvalue weighted by Crippen LogP contribution is 2.25. The lowest BCUT2D eigenvalue weighted by molar-refractivity contribution is 0.171. The fourth-order valence-electron chi connectivity index (χ4n) is 2.67. The van der Waals surface area contributed by atoms with Gasteiger partial charge in [0.15, 0.2) is 0 Å². The molecular weight excluding hydrogens is 232 g/mol. The van der Waals surface area contributed by atoms with Crippen molar-refractivity contribution in [1.82, 2.24) is 10.2 Å². The van der Waals surface area contributed by atoms with Gasteiger partial charge in [0.25, 0.3) is 0 Å². The Kier molecular flexibility index (Phi) is 5.41. The Labute approximate surface area is 118 Å². The summed E-state index contributed by atoms with van der Waals surface area (Å²) in [6.07, 6.45) is 5.23. The van der Waals surface area contributed by atoms with E-state index in [1.807, 2.05) is 0 Å². The zero-order valence-corrected chi connectivity index (χ0v) is 12.6. The minimum atomic E-state index is 0.489. The van der Waals surface area contributed by atoms with Gasteiger partial charge in [-0.3, -0.25) is 4.90 Å². The normalized spacial score (nSPS) is 18.5. The Bertz CT molecular complexity index is 359. The van der Waals surface area contributed by atoms with Crippen LogP contribution in [0.25, 0.3) is 0 Å². The smallest absolute Gasteiger partial charge is 0.0472 e. The fraction of sp³-hybridized carbons (Fsp3) is 0.647. The van der Waals surface area contributed by atoms with Crippen LogP contribution in [-0.4, -0.2) is 30.6 Å². The molecule has 106 valence electrons. The van der Waals surface area contributed by atoms with Gasteiger partial charge in [-0.05, 0) is 38.8 Å². The summed E-state index contributed by atoms with van der Waals surface area (Å²) in [6.45, 7) is 5.68. The molecule has 1 aromatic carbocycles. The number of hydrogen-bond donors (Lipinski definition) is 1. The second kappa shape index (κ2) is 7.06. The predicted molar refractivity (Wildman–Crippen MR) is 82.3 cm³/mol. The molecule has 0 bridgehead atoms. The highest BCUT2D eigenvalue weighted by Gasteiger charge is 2.25. The lowest BCUT2D eigenvalue weighted by Gasteiger charge is -2.34. The Hall–Kier alpha value is -0.860. The first-order valence-corrected chi connectivity index (χ1v) is 7.72. The molecule has 0 amide bonds. The summed E-state index contributed by atoms with van der Waals surface area (Å²) in [5.74, 6) is 0. The van der Waals surface area contributed by atoms with E-state index < -0.39 is 0 Å². The highest BCUT2D eigenvalue weighted by atomic mass is 15.2. The van der Waals surface area contributed by atoms with Crippen LogP contribution < -0.4 is 5.32 Å². The van der Waals surface area contributed by atoms with Crippen molar-refractivity contribution in [2.45, 2.75) is 57.7 Å². The number of rotatable bonds is 8. The van der Waals surface area contributed by atoms with Gasteiger partial charge in [0, 0.05) is 24.7 Å². The summed E-state index contributed by atoms with van der Waals surface area (Å²) in [6, 6.07) is 12.8. The SMILES string of the molecule is CCCC(C)N(C)C(CNC1CC1)c1ccccc1. The quantitative estimate of drug-likeness (QED) is 0.768. The Morgan fingerprint density at radius 1 is 1.26 bits per heavy atom. The monoisotopic (exact) mass is 260 g/mol. The number of hydrogen-bond acceptors (Lipinski definition) is 2. The summed E-state index contributed by atoms with van der Waals surface area (Å²) in [4.78, 5) is 2.54. The summed E-state index contributed by atoms with van der Waals surface area (Å²) >= 11 is 0. The van der Waals surface area contributed by atoms with Gasteiger partial charge in [0.05, 0.1) is 0 Å². The molecule has 1 fully saturated rings. The van der Waals surface area contributed by atoms with Gasteiger partial charge < -0.3 is 5.32 Å². The third-order valence-electron chi connectivity index (χ3n) is 4.25. The van der Waals surface area contributed by atoms with Crippen LogP contribution in [-0.2, 0) is 0 Å². The standard InChI is InChI=1S/C17H28N2/c1-4-8-14(2)19(3)17(13-18-16-11-12-16)15-9-6-5-7-10-15/h5-7,9-10,14,16-18H,4,8,11-13H2,1-3H3. The van der Waals surface area contributed by atoms with E-state index in [9.17, 15) is 0 Å². The molecule has 1 aromatic rings. The van der Waals surface area contributed by atoms with Gasteiger partial charge in [-0.15, -0.1) is 0 Å². The van der Waals surface area contributed by atoms with E-state index in [2.05, 4.69) is 61.4 Å². The molecule has 0 aliphatic heterocycles. The molecular formula is C17H28N2. The number of nitrogens with one attached hydrogen (secondary N) is 1. The third kappa shape index (κ3) is 4.32. The van der Waals surface area contributed by atoms with Crippen LogP contribution in [0.15, 0.2) is 30.3 Å². The van der Waals surface area contributed by atoms with Crippen LogP contribution in [0.4, 0.5) is 0 Å². The van der Waals surface area contributed by atoms with Gasteiger partial charge in [0.1, 0.15) is 0 Å². The molecule has 0 radical (unpaired) electrons. The molecule has 19 heavy (non-hydrogen) atoms. The fourth-order valence-corrected chi connectivity index (χ4v) is 2.67. The summed E-state index contributed by atoms with van der Waals surface area (Å²) in [5, 5.41) is 3.69. The molecule has 0 spiro atoms. The Morgan fingerprint density at radius 3 is 2.53 bits per heavy atom. The second-order valence-corrected chi connectivity index (χ2v) is 5.91. The zero-order valence-electron chi connectivity index (χ0n) is 12.6. The first-order valence-electron chi connectivity index (χ1n) is 7.72. The first-order chi connectivity index (χ1) is 9.22. The molecule has 2 heteroatoms. The van der Waals surface area contributed by atoms with Crippen molar-refractivity contribution >= 4 is 0 Å². The number of benzene rings is 1. The molecule has 1 saturated carbocycles. The van der Waals surface area contributed by atoms with Crippen molar-refractivity contribution in [1.29, 1.82) is 0 Å². The molecule has 0 saturated heterocycles. The summed E-state index contributed by atoms with van der Waals surface area (Å²) < 4.78 is 0. The molecule has 2 unspecified atom stereocenters. The summed E-state index contributed by atoms with van der Waals surface area (Å²) in [5.41, 5.74) is 1.43. The van der Waals surface area contributed by atoms with Crippen LogP contribution in [0.5, 0.6) is 0 Å². The van der Waals surface area contributed by atoms with Crippen LogP contribution in [0.2, 0.25) is 0 Å². The third-order valence-corrected chi connectivity index (χ3v) is 4.25. The van der Waals surface area contributed by atoms with Crippen LogP contribution in [0.1, 0.15) is 51.1 Å². The van der Waals surface area contributed by atoms with Crippen molar-refractivity contribution < 1.29 is 0 Å². The molecule has 0 aromatic heterocycles. The topological polar surface area (TPSA) is 15.3 Å². The van der Waals surface area contributed by atoms with E-state index >= 15 is 0 Å². The van der Waals surface area contributed by atoms with Crippen LogP contribution in [0.3, 0.4) is 0 Å². The van der Waals surface area contributed by atoms with Crippen molar-refractivity contribution in [2.75, 3.05) is 13.6 Å². The van der Waals surface area contributed by atoms with Gasteiger partial charge >= 0.3 is 0 Å². The average Bonchev–Trinajstić information content (AvgIpc) is 3.24. The van der Waals surface area contributed by atoms with Gasteiger partial charge in [-0.2, -0.15) is 0 Å². The van der Waals surface area contributed by atoms with E-state index in [0.717, 1.165) is 12.6 Å². The minimum absolute atomic E-state index is 0.489. The van der Waals surface area contributed by atoms with E-state index in [4.69, 9.17) is 0 Å². The molecule has 1 aliphatic rings. The molecule has 2 rings (SSSR count). The zero-order chi connectivity index (χ0) is 13.7. The molecule has 1 N–H and O–H groups in total. The maximum absolute atomic E-state index is 3.69. The van der Waals surface area contributed by atoms with Gasteiger partial charge in [-0.1, -0.05) is 43.7 Å². The molecule has 2 nitrogen and oxygen atoms in total. The van der Waals surface area contributed by atoms with Crippen molar-refractivity contribution in [2.24, 2.45) is 0 Å². The van der Waals surface area contributed by atoms with E-state index in [0.29, 0.717) is 12.1 Å². The maximum atomic E-state index is 3.69. The largest absolute Gasteiger partial charge is 0.312 e. The van der Waals surface area contributed by atoms with Crippen molar-refractivity contribution in [3.05, 3.63) is 35.9 Å².